The van der Waals surface area contributed by atoms with E-state index in [9.17, 15) is 0 Å². The highest BCUT2D eigenvalue weighted by atomic mass is 15.1. The third-order valence-electron chi connectivity index (χ3n) is 3.34. The highest BCUT2D eigenvalue weighted by molar-refractivity contribution is 5.92. The van der Waals surface area contributed by atoms with Gasteiger partial charge >= 0.3 is 0 Å². The number of nitrogens with two attached hydrogens (primary N) is 1. The van der Waals surface area contributed by atoms with Crippen LogP contribution in [0.5, 0.6) is 0 Å². The van der Waals surface area contributed by atoms with E-state index in [1.807, 2.05) is 36.4 Å². The Kier molecular flexibility index (Phi) is 3.19. The van der Waals surface area contributed by atoms with E-state index in [-0.39, 0.29) is 0 Å². The molecule has 0 aliphatic heterocycles. The van der Waals surface area contributed by atoms with Gasteiger partial charge in [-0.1, -0.05) is 48.5 Å². The molecule has 2 aromatic rings. The normalized spacial score (nSPS) is 22.0. The van der Waals surface area contributed by atoms with Gasteiger partial charge in [-0.05, 0) is 24.1 Å². The third-order valence-corrected chi connectivity index (χ3v) is 3.34. The van der Waals surface area contributed by atoms with Crippen LogP contribution in [0.4, 0.5) is 5.69 Å². The Morgan fingerprint density at radius 1 is 1.00 bits per heavy atom. The summed E-state index contributed by atoms with van der Waals surface area (Å²) in [4.78, 5) is 4.52. The fraction of sp³-hybridized carbons (Fsp3) is 0.188. The predicted octanol–water partition coefficient (Wildman–Crippen LogP) is 2.97. The second-order valence-corrected chi connectivity index (χ2v) is 4.83. The molecule has 0 spiro atoms. The molecule has 0 saturated heterocycles. The van der Waals surface area contributed by atoms with E-state index < -0.39 is 0 Å². The monoisotopic (exact) mass is 251 g/mol. The van der Waals surface area contributed by atoms with Crippen LogP contribution in [0.3, 0.4) is 0 Å². The van der Waals surface area contributed by atoms with Crippen LogP contribution < -0.4 is 11.1 Å². The molecule has 1 aliphatic carbocycles. The molecule has 1 aliphatic rings. The molecule has 1 saturated carbocycles. The first-order valence-corrected chi connectivity index (χ1v) is 6.53. The standard InChI is InChI=1S/C16H17N3/c17-16(18-13-9-5-2-6-10-13)19-15-11-14(15)12-7-3-1-4-8-12/h1-10,14-15H,11H2,(H3,17,18,19). The van der Waals surface area contributed by atoms with Crippen LogP contribution in [0.2, 0.25) is 0 Å². The van der Waals surface area contributed by atoms with Crippen molar-refractivity contribution >= 4 is 11.6 Å². The summed E-state index contributed by atoms with van der Waals surface area (Å²) in [6.07, 6.45) is 1.08. The molecule has 0 amide bonds. The molecule has 0 aromatic heterocycles. The minimum atomic E-state index is 0.318. The van der Waals surface area contributed by atoms with Gasteiger partial charge < -0.3 is 11.1 Å². The van der Waals surface area contributed by atoms with E-state index in [4.69, 9.17) is 5.73 Å². The Balaban J connectivity index is 1.62. The zero-order valence-electron chi connectivity index (χ0n) is 10.7. The van der Waals surface area contributed by atoms with Crippen molar-refractivity contribution in [2.45, 2.75) is 18.4 Å². The SMILES string of the molecule is NC(=NC1CC1c1ccccc1)Nc1ccccc1. The molecular formula is C16H17N3. The van der Waals surface area contributed by atoms with E-state index in [0.717, 1.165) is 12.1 Å². The van der Waals surface area contributed by atoms with Crippen LogP contribution in [-0.4, -0.2) is 12.0 Å². The van der Waals surface area contributed by atoms with Gasteiger partial charge in [-0.25, -0.2) is 4.99 Å². The number of nitrogens with one attached hydrogen (secondary N) is 1. The molecule has 2 atom stereocenters. The smallest absolute Gasteiger partial charge is 0.193 e. The maximum absolute atomic E-state index is 5.93. The molecule has 3 rings (SSSR count). The van der Waals surface area contributed by atoms with Gasteiger partial charge in [0.25, 0.3) is 0 Å². The first-order valence-electron chi connectivity index (χ1n) is 6.53. The lowest BCUT2D eigenvalue weighted by atomic mass is 10.1. The fourth-order valence-corrected chi connectivity index (χ4v) is 2.26. The average Bonchev–Trinajstić information content (AvgIpc) is 3.20. The van der Waals surface area contributed by atoms with E-state index in [1.165, 1.54) is 5.56 Å². The minimum absolute atomic E-state index is 0.318. The van der Waals surface area contributed by atoms with Crippen molar-refractivity contribution in [3.63, 3.8) is 0 Å². The molecule has 0 heterocycles. The summed E-state index contributed by atoms with van der Waals surface area (Å²) in [5.74, 6) is 1.02. The molecule has 1 fully saturated rings. The quantitative estimate of drug-likeness (QED) is 0.651. The van der Waals surface area contributed by atoms with Gasteiger partial charge in [-0.3, -0.25) is 0 Å². The summed E-state index contributed by atoms with van der Waals surface area (Å²) >= 11 is 0. The van der Waals surface area contributed by atoms with Gasteiger partial charge in [-0.2, -0.15) is 0 Å². The second-order valence-electron chi connectivity index (χ2n) is 4.83. The number of aliphatic imine (C=N–C) groups is 1. The summed E-state index contributed by atoms with van der Waals surface area (Å²) < 4.78 is 0. The summed E-state index contributed by atoms with van der Waals surface area (Å²) in [7, 11) is 0. The zero-order valence-corrected chi connectivity index (χ0v) is 10.7. The molecule has 0 bridgehead atoms. The lowest BCUT2D eigenvalue weighted by Gasteiger charge is -2.04. The fourth-order valence-electron chi connectivity index (χ4n) is 2.26. The molecule has 96 valence electrons. The number of nitrogens with zero attached hydrogens (tertiary/aromatic N) is 1. The highest BCUT2D eigenvalue weighted by Crippen LogP contribution is 2.43. The maximum Gasteiger partial charge on any atom is 0.193 e. The van der Waals surface area contributed by atoms with Gasteiger partial charge in [0.05, 0.1) is 6.04 Å². The van der Waals surface area contributed by atoms with Crippen LogP contribution in [0, 0.1) is 0 Å². The van der Waals surface area contributed by atoms with Crippen molar-refractivity contribution in [1.29, 1.82) is 0 Å². The van der Waals surface area contributed by atoms with Gasteiger partial charge in [0, 0.05) is 11.6 Å². The molecular weight excluding hydrogens is 234 g/mol. The Hall–Kier alpha value is -2.29. The van der Waals surface area contributed by atoms with Crippen LogP contribution in [0.1, 0.15) is 17.9 Å². The van der Waals surface area contributed by atoms with Crippen LogP contribution >= 0.6 is 0 Å². The Morgan fingerprint density at radius 2 is 1.63 bits per heavy atom. The molecule has 0 radical (unpaired) electrons. The molecule has 2 aromatic carbocycles. The van der Waals surface area contributed by atoms with E-state index in [0.29, 0.717) is 17.9 Å². The molecule has 2 unspecified atom stereocenters. The number of anilines is 1. The minimum Gasteiger partial charge on any atom is -0.370 e. The summed E-state index contributed by atoms with van der Waals surface area (Å²) in [5.41, 5.74) is 8.25. The van der Waals surface area contributed by atoms with E-state index >= 15 is 0 Å². The molecule has 3 nitrogen and oxygen atoms in total. The van der Waals surface area contributed by atoms with Gasteiger partial charge in [0.1, 0.15) is 0 Å². The largest absolute Gasteiger partial charge is 0.370 e. The Labute approximate surface area is 113 Å². The molecule has 19 heavy (non-hydrogen) atoms. The topological polar surface area (TPSA) is 50.4 Å². The zero-order chi connectivity index (χ0) is 13.1. The van der Waals surface area contributed by atoms with Crippen LogP contribution in [0.25, 0.3) is 0 Å². The van der Waals surface area contributed by atoms with Crippen molar-refractivity contribution in [1.82, 2.24) is 0 Å². The van der Waals surface area contributed by atoms with Crippen LogP contribution in [0.15, 0.2) is 65.7 Å². The number of hydrogen-bond acceptors (Lipinski definition) is 1. The van der Waals surface area contributed by atoms with E-state index in [1.54, 1.807) is 0 Å². The number of guanidine groups is 1. The summed E-state index contributed by atoms with van der Waals surface area (Å²) in [6.45, 7) is 0. The van der Waals surface area contributed by atoms with Crippen molar-refractivity contribution in [2.24, 2.45) is 10.7 Å². The number of para-hydroxylation sites is 1. The summed E-state index contributed by atoms with van der Waals surface area (Å²) in [5, 5.41) is 3.11. The van der Waals surface area contributed by atoms with Crippen LogP contribution in [-0.2, 0) is 0 Å². The van der Waals surface area contributed by atoms with E-state index in [2.05, 4.69) is 34.6 Å². The number of hydrogen-bond donors (Lipinski definition) is 2. The maximum atomic E-state index is 5.93. The third kappa shape index (κ3) is 2.94. The highest BCUT2D eigenvalue weighted by Gasteiger charge is 2.38. The van der Waals surface area contributed by atoms with Gasteiger partial charge in [0.2, 0.25) is 0 Å². The average molecular weight is 251 g/mol. The van der Waals surface area contributed by atoms with Crippen molar-refractivity contribution in [2.75, 3.05) is 5.32 Å². The van der Waals surface area contributed by atoms with Gasteiger partial charge in [0.15, 0.2) is 5.96 Å². The Morgan fingerprint density at radius 3 is 2.32 bits per heavy atom. The summed E-state index contributed by atoms with van der Waals surface area (Å²) in [6, 6.07) is 20.7. The lowest BCUT2D eigenvalue weighted by Crippen LogP contribution is -2.23. The number of benzene rings is 2. The Bertz CT molecular complexity index is 563. The van der Waals surface area contributed by atoms with Gasteiger partial charge in [-0.15, -0.1) is 0 Å². The first kappa shape index (κ1) is 11.8. The van der Waals surface area contributed by atoms with Crippen molar-refractivity contribution in [3.8, 4) is 0 Å². The number of rotatable bonds is 3. The predicted molar refractivity (Wildman–Crippen MR) is 79.3 cm³/mol. The molecule has 3 N–H and O–H groups in total. The lowest BCUT2D eigenvalue weighted by molar-refractivity contribution is 0.985. The first-order chi connectivity index (χ1) is 9.33. The molecule has 3 heteroatoms. The van der Waals surface area contributed by atoms with Crippen molar-refractivity contribution < 1.29 is 0 Å². The van der Waals surface area contributed by atoms with Crippen molar-refractivity contribution in [3.05, 3.63) is 66.2 Å². The second kappa shape index (κ2) is 5.14.